The Kier molecular flexibility index (Phi) is 3.57. The summed E-state index contributed by atoms with van der Waals surface area (Å²) in [4.78, 5) is 14.2. The molecule has 7 heterocycles. The monoisotopic (exact) mass is 450 g/mol. The third-order valence-electron chi connectivity index (χ3n) is 6.84. The third-order valence-corrected chi connectivity index (χ3v) is 6.84. The summed E-state index contributed by atoms with van der Waals surface area (Å²) in [6.07, 6.45) is 9.70. The van der Waals surface area contributed by atoms with Gasteiger partial charge in [-0.2, -0.15) is 0 Å². The van der Waals surface area contributed by atoms with E-state index in [0.29, 0.717) is 0 Å². The Morgan fingerprint density at radius 2 is 1.54 bits per heavy atom. The minimum absolute atomic E-state index is 0.900. The van der Waals surface area contributed by atoms with Crippen LogP contribution >= 0.6 is 0 Å². The first-order valence-corrected chi connectivity index (χ1v) is 11.5. The summed E-state index contributed by atoms with van der Waals surface area (Å²) in [5.74, 6) is 1.07. The van der Waals surface area contributed by atoms with Crippen molar-refractivity contribution in [3.8, 4) is 11.5 Å². The number of rotatable bonds is 2. The molecule has 0 spiro atoms. The molecule has 6 nitrogen and oxygen atoms in total. The summed E-state index contributed by atoms with van der Waals surface area (Å²) < 4.78 is 6.74. The fourth-order valence-corrected chi connectivity index (χ4v) is 5.41. The number of aromatic nitrogens is 6. The molecule has 0 fully saturated rings. The second-order valence-electron chi connectivity index (χ2n) is 8.68. The number of nitrogens with zero attached hydrogens (tertiary/aromatic N) is 6. The topological polar surface area (TPSA) is 52.9 Å². The van der Waals surface area contributed by atoms with E-state index in [9.17, 15) is 0 Å². The zero-order chi connectivity index (χ0) is 22.9. The van der Waals surface area contributed by atoms with Gasteiger partial charge in [0.05, 0.1) is 33.6 Å². The Morgan fingerprint density at radius 1 is 0.629 bits per heavy atom. The molecule has 0 aliphatic rings. The largest absolute Gasteiger partial charge is 0.303 e. The summed E-state index contributed by atoms with van der Waals surface area (Å²) in [5.41, 5.74) is 7.21. The molecule has 7 aromatic heterocycles. The molecule has 8 aromatic rings. The van der Waals surface area contributed by atoms with E-state index >= 15 is 0 Å². The molecule has 0 aliphatic heterocycles. The molecule has 35 heavy (non-hydrogen) atoms. The van der Waals surface area contributed by atoms with E-state index in [0.717, 1.165) is 60.9 Å². The van der Waals surface area contributed by atoms with Gasteiger partial charge < -0.3 is 4.40 Å². The lowest BCUT2D eigenvalue weighted by Gasteiger charge is -2.09. The first-order chi connectivity index (χ1) is 17.4. The van der Waals surface area contributed by atoms with Gasteiger partial charge in [-0.15, -0.1) is 0 Å². The average molecular weight is 451 g/mol. The molecule has 0 aliphatic carbocycles. The molecule has 0 amide bonds. The van der Waals surface area contributed by atoms with E-state index in [-0.39, 0.29) is 0 Å². The van der Waals surface area contributed by atoms with Gasteiger partial charge >= 0.3 is 0 Å². The van der Waals surface area contributed by atoms with Gasteiger partial charge in [-0.25, -0.2) is 4.98 Å². The van der Waals surface area contributed by atoms with Crippen molar-refractivity contribution in [3.63, 3.8) is 0 Å². The number of benzene rings is 1. The van der Waals surface area contributed by atoms with E-state index in [4.69, 9.17) is 9.97 Å². The van der Waals surface area contributed by atoms with E-state index in [2.05, 4.69) is 91.4 Å². The van der Waals surface area contributed by atoms with Gasteiger partial charge in [0.25, 0.3) is 0 Å². The van der Waals surface area contributed by atoms with Crippen LogP contribution in [0.2, 0.25) is 0 Å². The lowest BCUT2D eigenvalue weighted by Crippen LogP contribution is -1.99. The number of hydrogen-bond donors (Lipinski definition) is 0. The van der Waals surface area contributed by atoms with Crippen molar-refractivity contribution in [2.75, 3.05) is 0 Å². The van der Waals surface area contributed by atoms with Gasteiger partial charge in [-0.05, 0) is 54.6 Å². The van der Waals surface area contributed by atoms with Gasteiger partial charge in [0.1, 0.15) is 11.5 Å². The lowest BCUT2D eigenvalue weighted by molar-refractivity contribution is 1.04. The van der Waals surface area contributed by atoms with Gasteiger partial charge in [-0.3, -0.25) is 19.1 Å². The zero-order valence-electron chi connectivity index (χ0n) is 18.6. The molecule has 0 atom stereocenters. The SMILES string of the molecule is c1ccc(-n2c3cnccc3c3c2ncc2c4ncccc4n(-c4ccc5ccccn45)c23)cc1. The van der Waals surface area contributed by atoms with Crippen LogP contribution in [-0.4, -0.2) is 28.5 Å². The second kappa shape index (κ2) is 6.77. The Morgan fingerprint density at radius 3 is 2.49 bits per heavy atom. The minimum Gasteiger partial charge on any atom is -0.303 e. The maximum Gasteiger partial charge on any atom is 0.147 e. The van der Waals surface area contributed by atoms with Crippen LogP contribution in [0.1, 0.15) is 0 Å². The Hall–Kier alpha value is -4.97. The molecule has 164 valence electrons. The van der Waals surface area contributed by atoms with Crippen molar-refractivity contribution in [1.29, 1.82) is 0 Å². The molecule has 0 radical (unpaired) electrons. The van der Waals surface area contributed by atoms with Gasteiger partial charge in [0, 0.05) is 46.8 Å². The maximum atomic E-state index is 5.01. The normalized spacial score (nSPS) is 12.0. The van der Waals surface area contributed by atoms with E-state index < -0.39 is 0 Å². The fourth-order valence-electron chi connectivity index (χ4n) is 5.41. The minimum atomic E-state index is 0.900. The predicted molar refractivity (Wildman–Crippen MR) is 139 cm³/mol. The van der Waals surface area contributed by atoms with Crippen molar-refractivity contribution >= 4 is 49.4 Å². The van der Waals surface area contributed by atoms with Crippen molar-refractivity contribution in [2.45, 2.75) is 0 Å². The third kappa shape index (κ3) is 2.40. The number of pyridine rings is 4. The fraction of sp³-hybridized carbons (Fsp3) is 0. The first-order valence-electron chi connectivity index (χ1n) is 11.5. The van der Waals surface area contributed by atoms with E-state index in [1.54, 1.807) is 0 Å². The maximum absolute atomic E-state index is 5.01. The molecular formula is C29H18N6. The highest BCUT2D eigenvalue weighted by Gasteiger charge is 2.23. The Labute approximate surface area is 199 Å². The lowest BCUT2D eigenvalue weighted by atomic mass is 10.2. The van der Waals surface area contributed by atoms with Crippen LogP contribution in [0.15, 0.2) is 110 Å². The molecule has 0 saturated heterocycles. The highest BCUT2D eigenvalue weighted by Crippen LogP contribution is 2.40. The quantitative estimate of drug-likeness (QED) is 0.310. The van der Waals surface area contributed by atoms with Crippen LogP contribution < -0.4 is 0 Å². The average Bonchev–Trinajstić information content (AvgIpc) is 3.59. The highest BCUT2D eigenvalue weighted by atomic mass is 15.1. The summed E-state index contributed by atoms with van der Waals surface area (Å²) in [6, 6.07) is 27.1. The number of fused-ring (bicyclic) bond motifs is 8. The van der Waals surface area contributed by atoms with Crippen LogP contribution in [0, 0.1) is 0 Å². The summed E-state index contributed by atoms with van der Waals surface area (Å²) in [6.45, 7) is 0. The zero-order valence-corrected chi connectivity index (χ0v) is 18.6. The standard InChI is InChI=1S/C29H18N6/c1-2-8-20(9-3-1)34-24-18-30-15-13-21(24)26-28-22(17-32-29(26)34)27-23(10-6-14-31-27)35(28)25-12-11-19-7-4-5-16-33(19)25/h1-18H. The van der Waals surface area contributed by atoms with Crippen LogP contribution in [0.3, 0.4) is 0 Å². The molecule has 0 saturated carbocycles. The molecule has 0 bridgehead atoms. The van der Waals surface area contributed by atoms with Crippen molar-refractivity contribution < 1.29 is 0 Å². The van der Waals surface area contributed by atoms with Gasteiger partial charge in [-0.1, -0.05) is 24.3 Å². The molecule has 0 unspecified atom stereocenters. The van der Waals surface area contributed by atoms with Gasteiger partial charge in [0.15, 0.2) is 0 Å². The predicted octanol–water partition coefficient (Wildman–Crippen LogP) is 6.32. The molecule has 0 N–H and O–H groups in total. The number of hydrogen-bond acceptors (Lipinski definition) is 3. The second-order valence-corrected chi connectivity index (χ2v) is 8.68. The van der Waals surface area contributed by atoms with Crippen molar-refractivity contribution in [3.05, 3.63) is 110 Å². The van der Waals surface area contributed by atoms with Crippen molar-refractivity contribution in [1.82, 2.24) is 28.5 Å². The van der Waals surface area contributed by atoms with E-state index in [1.165, 1.54) is 0 Å². The van der Waals surface area contributed by atoms with Crippen LogP contribution in [0.25, 0.3) is 60.9 Å². The summed E-state index contributed by atoms with van der Waals surface area (Å²) in [5, 5.41) is 3.23. The smallest absolute Gasteiger partial charge is 0.147 e. The van der Waals surface area contributed by atoms with Crippen LogP contribution in [0.5, 0.6) is 0 Å². The molecular weight excluding hydrogens is 432 g/mol. The molecule has 1 aromatic carbocycles. The van der Waals surface area contributed by atoms with Crippen LogP contribution in [-0.2, 0) is 0 Å². The molecule has 8 rings (SSSR count). The van der Waals surface area contributed by atoms with Gasteiger partial charge in [0.2, 0.25) is 0 Å². The van der Waals surface area contributed by atoms with E-state index in [1.807, 2.05) is 36.9 Å². The first kappa shape index (κ1) is 18.5. The summed E-state index contributed by atoms with van der Waals surface area (Å²) in [7, 11) is 0. The number of para-hydroxylation sites is 1. The summed E-state index contributed by atoms with van der Waals surface area (Å²) >= 11 is 0. The van der Waals surface area contributed by atoms with Crippen molar-refractivity contribution in [2.24, 2.45) is 0 Å². The Bertz CT molecular complexity index is 2060. The molecule has 6 heteroatoms. The Balaban J connectivity index is 1.65. The highest BCUT2D eigenvalue weighted by molar-refractivity contribution is 6.24. The van der Waals surface area contributed by atoms with Crippen LogP contribution in [0.4, 0.5) is 0 Å².